The van der Waals surface area contributed by atoms with Gasteiger partial charge in [0.15, 0.2) is 23.9 Å². The van der Waals surface area contributed by atoms with Gasteiger partial charge in [-0.25, -0.2) is 0 Å². The van der Waals surface area contributed by atoms with Gasteiger partial charge in [-0.05, 0) is 31.2 Å². The monoisotopic (exact) mass is 358 g/mol. The van der Waals surface area contributed by atoms with Crippen LogP contribution in [0.15, 0.2) is 24.3 Å². The molecular weight excluding hydrogens is 347 g/mol. The fraction of sp³-hybridized carbons (Fsp3) is 0.200. The number of rotatable bonds is 6. The van der Waals surface area contributed by atoms with E-state index in [1.807, 2.05) is 0 Å². The molecule has 0 atom stereocenters. The second kappa shape index (κ2) is 7.13. The summed E-state index contributed by atoms with van der Waals surface area (Å²) in [6.45, 7) is 1.25. The first-order valence-electron chi connectivity index (χ1n) is 6.22. The predicted octanol–water partition coefficient (Wildman–Crippen LogP) is 4.53. The molecule has 0 saturated carbocycles. The van der Waals surface area contributed by atoms with Gasteiger partial charge in [0.25, 0.3) is 0 Å². The fourth-order valence-electron chi connectivity index (χ4n) is 1.76. The van der Waals surface area contributed by atoms with Crippen LogP contribution in [-0.4, -0.2) is 25.3 Å². The van der Waals surface area contributed by atoms with Crippen molar-refractivity contribution in [3.05, 3.63) is 44.1 Å². The number of halogens is 2. The predicted molar refractivity (Wildman–Crippen MR) is 87.2 cm³/mol. The van der Waals surface area contributed by atoms with Crippen LogP contribution in [0.4, 0.5) is 0 Å². The Hall–Kier alpha value is -1.56. The third-order valence-corrected chi connectivity index (χ3v) is 4.37. The van der Waals surface area contributed by atoms with Crippen molar-refractivity contribution in [2.24, 2.45) is 0 Å². The normalized spacial score (nSPS) is 10.4. The van der Waals surface area contributed by atoms with Gasteiger partial charge in [-0.1, -0.05) is 23.2 Å². The first-order chi connectivity index (χ1) is 10.4. The van der Waals surface area contributed by atoms with Gasteiger partial charge in [0.05, 0.1) is 17.0 Å². The molecule has 0 aliphatic heterocycles. The molecule has 7 heteroatoms. The molecule has 0 fully saturated rings. The van der Waals surface area contributed by atoms with Gasteiger partial charge in [-0.15, -0.1) is 11.3 Å². The Morgan fingerprint density at radius 2 is 1.91 bits per heavy atom. The van der Waals surface area contributed by atoms with Crippen molar-refractivity contribution >= 4 is 46.1 Å². The van der Waals surface area contributed by atoms with Crippen molar-refractivity contribution in [2.45, 2.75) is 6.92 Å². The Morgan fingerprint density at radius 1 is 1.18 bits per heavy atom. The third-order valence-electron chi connectivity index (χ3n) is 2.89. The Kier molecular flexibility index (Phi) is 5.45. The van der Waals surface area contributed by atoms with Crippen molar-refractivity contribution in [1.82, 2.24) is 0 Å². The summed E-state index contributed by atoms with van der Waals surface area (Å²) in [4.78, 5) is 23.4. The third kappa shape index (κ3) is 3.80. The van der Waals surface area contributed by atoms with Crippen LogP contribution in [0.2, 0.25) is 8.67 Å². The van der Waals surface area contributed by atoms with E-state index in [0.29, 0.717) is 31.3 Å². The lowest BCUT2D eigenvalue weighted by Gasteiger charge is -2.11. The van der Waals surface area contributed by atoms with E-state index in [2.05, 4.69) is 0 Å². The summed E-state index contributed by atoms with van der Waals surface area (Å²) < 4.78 is 11.4. The molecule has 0 bridgehead atoms. The summed E-state index contributed by atoms with van der Waals surface area (Å²) in [5.41, 5.74) is 0.833. The maximum absolute atomic E-state index is 12.1. The Balaban J connectivity index is 2.12. The van der Waals surface area contributed by atoms with E-state index in [-0.39, 0.29) is 18.2 Å². The lowest BCUT2D eigenvalue weighted by atomic mass is 10.1. The number of benzene rings is 1. The smallest absolute Gasteiger partial charge is 0.202 e. The summed E-state index contributed by atoms with van der Waals surface area (Å²) in [6, 6.07) is 6.27. The van der Waals surface area contributed by atoms with Crippen LogP contribution in [-0.2, 0) is 0 Å². The molecule has 2 rings (SSSR count). The minimum Gasteiger partial charge on any atom is -0.493 e. The van der Waals surface area contributed by atoms with Crippen LogP contribution < -0.4 is 9.47 Å². The first-order valence-corrected chi connectivity index (χ1v) is 7.79. The molecular formula is C15H12Cl2O4S. The second-order valence-corrected chi connectivity index (χ2v) is 6.66. The fourth-order valence-corrected chi connectivity index (χ4v) is 3.26. The highest BCUT2D eigenvalue weighted by atomic mass is 35.5. The Labute approximate surface area is 141 Å². The molecule has 0 unspecified atom stereocenters. The van der Waals surface area contributed by atoms with Gasteiger partial charge in [0, 0.05) is 5.56 Å². The molecule has 0 radical (unpaired) electrons. The Bertz CT molecular complexity index is 724. The maximum Gasteiger partial charge on any atom is 0.202 e. The standard InChI is InChI=1S/C15H12Cl2O4S/c1-8(18)9-3-4-12(13(5-9)20-2)21-7-11(19)10-6-14(16)22-15(10)17/h3-6H,7H2,1-2H3. The van der Waals surface area contributed by atoms with E-state index in [4.69, 9.17) is 32.7 Å². The molecule has 0 aliphatic rings. The summed E-state index contributed by atoms with van der Waals surface area (Å²) in [5, 5.41) is 0. The topological polar surface area (TPSA) is 52.6 Å². The molecule has 116 valence electrons. The molecule has 4 nitrogen and oxygen atoms in total. The average molecular weight is 359 g/mol. The number of hydrogen-bond donors (Lipinski definition) is 0. The first kappa shape index (κ1) is 16.8. The number of methoxy groups -OCH3 is 1. The minimum absolute atomic E-state index is 0.0828. The van der Waals surface area contributed by atoms with Crippen molar-refractivity contribution < 1.29 is 19.1 Å². The molecule has 0 amide bonds. The van der Waals surface area contributed by atoms with Crippen molar-refractivity contribution in [1.29, 1.82) is 0 Å². The summed E-state index contributed by atoms with van der Waals surface area (Å²) >= 11 is 12.9. The zero-order chi connectivity index (χ0) is 16.3. The maximum atomic E-state index is 12.1. The number of ketones is 2. The van der Waals surface area contributed by atoms with Gasteiger partial charge in [0.1, 0.15) is 4.34 Å². The quantitative estimate of drug-likeness (QED) is 0.712. The zero-order valence-corrected chi connectivity index (χ0v) is 14.1. The van der Waals surface area contributed by atoms with Crippen molar-refractivity contribution in [2.75, 3.05) is 13.7 Å². The van der Waals surface area contributed by atoms with Gasteiger partial charge in [-0.2, -0.15) is 0 Å². The lowest BCUT2D eigenvalue weighted by Crippen LogP contribution is -2.11. The molecule has 0 spiro atoms. The highest BCUT2D eigenvalue weighted by Crippen LogP contribution is 2.32. The molecule has 1 aromatic carbocycles. The molecule has 1 aromatic heterocycles. The number of carbonyl (C=O) groups excluding carboxylic acids is 2. The molecule has 2 aromatic rings. The van der Waals surface area contributed by atoms with Crippen molar-refractivity contribution in [3.63, 3.8) is 0 Å². The number of Topliss-reactive ketones (excluding diaryl/α,β-unsaturated/α-hetero) is 2. The molecule has 0 saturated heterocycles. The van der Waals surface area contributed by atoms with Gasteiger partial charge >= 0.3 is 0 Å². The summed E-state index contributed by atoms with van der Waals surface area (Å²) in [7, 11) is 1.46. The SMILES string of the molecule is COc1cc(C(C)=O)ccc1OCC(=O)c1cc(Cl)sc1Cl. The van der Waals surface area contributed by atoms with Crippen LogP contribution in [0.1, 0.15) is 27.6 Å². The number of hydrogen-bond acceptors (Lipinski definition) is 5. The van der Waals surface area contributed by atoms with Crippen LogP contribution >= 0.6 is 34.5 Å². The molecule has 0 aliphatic carbocycles. The van der Waals surface area contributed by atoms with Crippen LogP contribution in [0.3, 0.4) is 0 Å². The van der Waals surface area contributed by atoms with E-state index in [0.717, 1.165) is 11.3 Å². The van der Waals surface area contributed by atoms with Crippen LogP contribution in [0, 0.1) is 0 Å². The summed E-state index contributed by atoms with van der Waals surface area (Å²) in [5.74, 6) is 0.389. The Morgan fingerprint density at radius 3 is 2.45 bits per heavy atom. The summed E-state index contributed by atoms with van der Waals surface area (Å²) in [6.07, 6.45) is 0. The van der Waals surface area contributed by atoms with E-state index < -0.39 is 0 Å². The van der Waals surface area contributed by atoms with E-state index in [9.17, 15) is 9.59 Å². The van der Waals surface area contributed by atoms with E-state index in [1.54, 1.807) is 18.2 Å². The van der Waals surface area contributed by atoms with Gasteiger partial charge in [-0.3, -0.25) is 9.59 Å². The van der Waals surface area contributed by atoms with E-state index in [1.165, 1.54) is 20.1 Å². The largest absolute Gasteiger partial charge is 0.493 e. The second-order valence-electron chi connectivity index (χ2n) is 4.37. The lowest BCUT2D eigenvalue weighted by molar-refractivity contribution is 0.0919. The van der Waals surface area contributed by atoms with E-state index >= 15 is 0 Å². The molecule has 0 N–H and O–H groups in total. The van der Waals surface area contributed by atoms with Crippen LogP contribution in [0.25, 0.3) is 0 Å². The number of thiophene rings is 1. The highest BCUT2D eigenvalue weighted by Gasteiger charge is 2.16. The molecule has 1 heterocycles. The number of carbonyl (C=O) groups is 2. The average Bonchev–Trinajstić information content (AvgIpc) is 2.83. The number of ether oxygens (including phenoxy) is 2. The van der Waals surface area contributed by atoms with Crippen molar-refractivity contribution in [3.8, 4) is 11.5 Å². The highest BCUT2D eigenvalue weighted by molar-refractivity contribution is 7.20. The zero-order valence-electron chi connectivity index (χ0n) is 11.8. The van der Waals surface area contributed by atoms with Crippen LogP contribution in [0.5, 0.6) is 11.5 Å². The van der Waals surface area contributed by atoms with Gasteiger partial charge < -0.3 is 9.47 Å². The van der Waals surface area contributed by atoms with Gasteiger partial charge in [0.2, 0.25) is 5.78 Å². The minimum atomic E-state index is -0.286. The molecule has 22 heavy (non-hydrogen) atoms.